The lowest BCUT2D eigenvalue weighted by molar-refractivity contribution is -0.125. The van der Waals surface area contributed by atoms with Crippen molar-refractivity contribution in [1.29, 1.82) is 0 Å². The molecule has 1 aliphatic carbocycles. The summed E-state index contributed by atoms with van der Waals surface area (Å²) in [5.74, 6) is 1.69. The molecule has 0 amide bonds. The molecular formula is C16H30O. The summed E-state index contributed by atoms with van der Waals surface area (Å²) in [7, 11) is 0. The number of unbranched alkanes of at least 4 members (excludes halogenated alkanes) is 4. The van der Waals surface area contributed by atoms with Gasteiger partial charge in [0.1, 0.15) is 5.78 Å². The summed E-state index contributed by atoms with van der Waals surface area (Å²) in [5, 5.41) is 0. The van der Waals surface area contributed by atoms with E-state index < -0.39 is 0 Å². The molecule has 0 aromatic heterocycles. The molecule has 0 saturated heterocycles. The highest BCUT2D eigenvalue weighted by atomic mass is 16.1. The second-order valence-electron chi connectivity index (χ2n) is 5.69. The number of carbonyl (C=O) groups excluding carboxylic acids is 1. The van der Waals surface area contributed by atoms with Crippen LogP contribution in [-0.2, 0) is 4.79 Å². The number of ketones is 1. The SMILES string of the molecule is CCCCCCCC(=O)C1CCCCC1CC. The molecule has 17 heavy (non-hydrogen) atoms. The molecule has 2 unspecified atom stereocenters. The Kier molecular flexibility index (Phi) is 7.55. The van der Waals surface area contributed by atoms with Gasteiger partial charge in [0.15, 0.2) is 0 Å². The van der Waals surface area contributed by atoms with Crippen LogP contribution in [-0.4, -0.2) is 5.78 Å². The zero-order valence-electron chi connectivity index (χ0n) is 11.8. The molecule has 1 aliphatic rings. The summed E-state index contributed by atoms with van der Waals surface area (Å²) in [6, 6.07) is 0. The first kappa shape index (κ1) is 14.7. The fourth-order valence-corrected chi connectivity index (χ4v) is 3.21. The van der Waals surface area contributed by atoms with Crippen molar-refractivity contribution >= 4 is 5.78 Å². The van der Waals surface area contributed by atoms with Crippen molar-refractivity contribution in [3.63, 3.8) is 0 Å². The summed E-state index contributed by atoms with van der Waals surface area (Å²) in [6.45, 7) is 4.48. The number of Topliss-reactive ketones (excluding diaryl/α,β-unsaturated/α-hetero) is 1. The Morgan fingerprint density at radius 3 is 2.41 bits per heavy atom. The Bertz CT molecular complexity index is 210. The summed E-state index contributed by atoms with van der Waals surface area (Å²) < 4.78 is 0. The van der Waals surface area contributed by atoms with Crippen LogP contribution < -0.4 is 0 Å². The van der Waals surface area contributed by atoms with Crippen LogP contribution in [0, 0.1) is 11.8 Å². The van der Waals surface area contributed by atoms with Gasteiger partial charge in [0.25, 0.3) is 0 Å². The van der Waals surface area contributed by atoms with Gasteiger partial charge in [0.2, 0.25) is 0 Å². The third kappa shape index (κ3) is 5.23. The topological polar surface area (TPSA) is 17.1 Å². The van der Waals surface area contributed by atoms with Crippen molar-refractivity contribution in [2.75, 3.05) is 0 Å². The highest BCUT2D eigenvalue weighted by Crippen LogP contribution is 2.33. The smallest absolute Gasteiger partial charge is 0.136 e. The van der Waals surface area contributed by atoms with E-state index in [1.807, 2.05) is 0 Å². The molecule has 0 bridgehead atoms. The largest absolute Gasteiger partial charge is 0.299 e. The van der Waals surface area contributed by atoms with Crippen LogP contribution in [0.5, 0.6) is 0 Å². The van der Waals surface area contributed by atoms with Crippen LogP contribution in [0.15, 0.2) is 0 Å². The lowest BCUT2D eigenvalue weighted by atomic mass is 9.75. The Morgan fingerprint density at radius 2 is 1.71 bits per heavy atom. The van der Waals surface area contributed by atoms with Crippen molar-refractivity contribution in [3.8, 4) is 0 Å². The van der Waals surface area contributed by atoms with Crippen LogP contribution in [0.1, 0.15) is 84.5 Å². The van der Waals surface area contributed by atoms with Gasteiger partial charge in [-0.3, -0.25) is 4.79 Å². The Morgan fingerprint density at radius 1 is 1.00 bits per heavy atom. The first-order valence-corrected chi connectivity index (χ1v) is 7.82. The number of hydrogen-bond acceptors (Lipinski definition) is 1. The van der Waals surface area contributed by atoms with Crippen molar-refractivity contribution in [2.45, 2.75) is 84.5 Å². The van der Waals surface area contributed by atoms with Gasteiger partial charge in [-0.25, -0.2) is 0 Å². The van der Waals surface area contributed by atoms with E-state index in [-0.39, 0.29) is 0 Å². The molecule has 1 saturated carbocycles. The van der Waals surface area contributed by atoms with E-state index in [1.54, 1.807) is 0 Å². The third-order valence-electron chi connectivity index (χ3n) is 4.37. The molecule has 1 fully saturated rings. The van der Waals surface area contributed by atoms with E-state index in [1.165, 1.54) is 57.8 Å². The maximum atomic E-state index is 12.2. The van der Waals surface area contributed by atoms with E-state index in [4.69, 9.17) is 0 Å². The highest BCUT2D eigenvalue weighted by Gasteiger charge is 2.28. The average Bonchev–Trinajstić information content (AvgIpc) is 2.38. The number of carbonyl (C=O) groups is 1. The molecule has 0 aromatic carbocycles. The summed E-state index contributed by atoms with van der Waals surface area (Å²) >= 11 is 0. The van der Waals surface area contributed by atoms with E-state index in [9.17, 15) is 4.79 Å². The summed E-state index contributed by atoms with van der Waals surface area (Å²) in [5.41, 5.74) is 0. The second-order valence-corrected chi connectivity index (χ2v) is 5.69. The van der Waals surface area contributed by atoms with Crippen molar-refractivity contribution < 1.29 is 4.79 Å². The molecule has 0 radical (unpaired) electrons. The van der Waals surface area contributed by atoms with E-state index in [2.05, 4.69) is 13.8 Å². The Hall–Kier alpha value is -0.330. The van der Waals surface area contributed by atoms with Crippen molar-refractivity contribution in [3.05, 3.63) is 0 Å². The van der Waals surface area contributed by atoms with Crippen LogP contribution in [0.2, 0.25) is 0 Å². The summed E-state index contributed by atoms with van der Waals surface area (Å²) in [6.07, 6.45) is 13.5. The zero-order chi connectivity index (χ0) is 12.5. The lowest BCUT2D eigenvalue weighted by Gasteiger charge is -2.29. The fraction of sp³-hybridized carbons (Fsp3) is 0.938. The normalized spacial score (nSPS) is 24.8. The van der Waals surface area contributed by atoms with Crippen LogP contribution in [0.3, 0.4) is 0 Å². The van der Waals surface area contributed by atoms with E-state index in [0.717, 1.165) is 12.8 Å². The van der Waals surface area contributed by atoms with Gasteiger partial charge in [-0.05, 0) is 25.2 Å². The minimum atomic E-state index is 0.417. The maximum Gasteiger partial charge on any atom is 0.136 e. The van der Waals surface area contributed by atoms with E-state index >= 15 is 0 Å². The Balaban J connectivity index is 2.20. The Labute approximate surface area is 107 Å². The van der Waals surface area contributed by atoms with Gasteiger partial charge in [0, 0.05) is 12.3 Å². The molecule has 0 aliphatic heterocycles. The van der Waals surface area contributed by atoms with Crippen molar-refractivity contribution in [2.24, 2.45) is 11.8 Å². The van der Waals surface area contributed by atoms with Gasteiger partial charge in [-0.2, -0.15) is 0 Å². The quantitative estimate of drug-likeness (QED) is 0.536. The maximum absolute atomic E-state index is 12.2. The minimum absolute atomic E-state index is 0.417. The zero-order valence-corrected chi connectivity index (χ0v) is 11.8. The molecule has 2 atom stereocenters. The van der Waals surface area contributed by atoms with Crippen molar-refractivity contribution in [1.82, 2.24) is 0 Å². The third-order valence-corrected chi connectivity index (χ3v) is 4.37. The summed E-state index contributed by atoms with van der Waals surface area (Å²) in [4.78, 5) is 12.2. The predicted molar refractivity (Wildman–Crippen MR) is 74.1 cm³/mol. The average molecular weight is 238 g/mol. The van der Waals surface area contributed by atoms with Crippen LogP contribution in [0.4, 0.5) is 0 Å². The van der Waals surface area contributed by atoms with Crippen LogP contribution >= 0.6 is 0 Å². The highest BCUT2D eigenvalue weighted by molar-refractivity contribution is 5.81. The van der Waals surface area contributed by atoms with E-state index in [0.29, 0.717) is 17.6 Å². The second kappa shape index (κ2) is 8.72. The van der Waals surface area contributed by atoms with Crippen LogP contribution in [0.25, 0.3) is 0 Å². The minimum Gasteiger partial charge on any atom is -0.299 e. The molecular weight excluding hydrogens is 208 g/mol. The van der Waals surface area contributed by atoms with Gasteiger partial charge in [0.05, 0.1) is 0 Å². The van der Waals surface area contributed by atoms with Gasteiger partial charge in [-0.15, -0.1) is 0 Å². The van der Waals surface area contributed by atoms with Gasteiger partial charge < -0.3 is 0 Å². The molecule has 0 N–H and O–H groups in total. The lowest BCUT2D eigenvalue weighted by Crippen LogP contribution is -2.26. The first-order valence-electron chi connectivity index (χ1n) is 7.82. The first-order chi connectivity index (χ1) is 8.29. The molecule has 0 spiro atoms. The predicted octanol–water partition coefficient (Wildman–Crippen LogP) is 5.13. The molecule has 1 rings (SSSR count). The molecule has 1 heteroatoms. The standard InChI is InChI=1S/C16H30O/c1-3-5-6-7-8-13-16(17)15-12-10-9-11-14(15)4-2/h14-15H,3-13H2,1-2H3. The molecule has 1 nitrogen and oxygen atoms in total. The van der Waals surface area contributed by atoms with Gasteiger partial charge in [-0.1, -0.05) is 58.8 Å². The fourth-order valence-electron chi connectivity index (χ4n) is 3.21. The molecule has 100 valence electrons. The number of hydrogen-bond donors (Lipinski definition) is 0. The monoisotopic (exact) mass is 238 g/mol. The molecule has 0 aromatic rings. The van der Waals surface area contributed by atoms with Gasteiger partial charge >= 0.3 is 0 Å². The number of rotatable bonds is 8. The molecule has 0 heterocycles.